The molecule has 26 heavy (non-hydrogen) atoms. The van der Waals surface area contributed by atoms with Crippen LogP contribution in [-0.2, 0) is 0 Å². The van der Waals surface area contributed by atoms with Crippen LogP contribution in [0.4, 0.5) is 0 Å². The molecule has 5 heteroatoms. The van der Waals surface area contributed by atoms with Crippen molar-refractivity contribution in [2.75, 3.05) is 19.6 Å². The van der Waals surface area contributed by atoms with E-state index in [0.717, 1.165) is 38.4 Å². The van der Waals surface area contributed by atoms with E-state index in [2.05, 4.69) is 15.3 Å². The van der Waals surface area contributed by atoms with Crippen molar-refractivity contribution in [2.45, 2.75) is 82.7 Å². The van der Waals surface area contributed by atoms with Gasteiger partial charge in [0, 0.05) is 25.3 Å². The van der Waals surface area contributed by atoms with E-state index in [1.807, 2.05) is 16.9 Å². The minimum absolute atomic E-state index is 0.152. The number of aromatic nitrogens is 2. The fourth-order valence-corrected chi connectivity index (χ4v) is 5.17. The molecule has 1 saturated carbocycles. The SMILES string of the molecule is O=C(c1ccn(C2CCCNC2)n1)N1CCCC1CCC1CCCCC1. The lowest BCUT2D eigenvalue weighted by atomic mass is 9.85. The highest BCUT2D eigenvalue weighted by molar-refractivity contribution is 5.92. The number of amides is 1. The first-order valence-corrected chi connectivity index (χ1v) is 10.9. The highest BCUT2D eigenvalue weighted by atomic mass is 16.2. The van der Waals surface area contributed by atoms with Gasteiger partial charge in [-0.3, -0.25) is 9.48 Å². The van der Waals surface area contributed by atoms with Crippen molar-refractivity contribution < 1.29 is 4.79 Å². The number of rotatable bonds is 5. The maximum Gasteiger partial charge on any atom is 0.274 e. The summed E-state index contributed by atoms with van der Waals surface area (Å²) in [5.74, 6) is 1.05. The Bertz CT molecular complexity index is 587. The second-order valence-corrected chi connectivity index (χ2v) is 8.56. The van der Waals surface area contributed by atoms with Crippen molar-refractivity contribution in [3.8, 4) is 0 Å². The number of nitrogens with zero attached hydrogens (tertiary/aromatic N) is 3. The number of hydrogen-bond donors (Lipinski definition) is 1. The topological polar surface area (TPSA) is 50.2 Å². The highest BCUT2D eigenvalue weighted by Crippen LogP contribution is 2.31. The Morgan fingerprint density at radius 3 is 2.77 bits per heavy atom. The van der Waals surface area contributed by atoms with Gasteiger partial charge in [0.25, 0.3) is 5.91 Å². The van der Waals surface area contributed by atoms with Crippen LogP contribution >= 0.6 is 0 Å². The van der Waals surface area contributed by atoms with Gasteiger partial charge in [-0.05, 0) is 57.1 Å². The largest absolute Gasteiger partial charge is 0.334 e. The number of piperidine rings is 1. The number of carbonyl (C=O) groups is 1. The smallest absolute Gasteiger partial charge is 0.274 e. The zero-order valence-corrected chi connectivity index (χ0v) is 16.0. The summed E-state index contributed by atoms with van der Waals surface area (Å²) in [6.07, 6.45) is 16.2. The monoisotopic (exact) mass is 358 g/mol. The molecule has 2 saturated heterocycles. The summed E-state index contributed by atoms with van der Waals surface area (Å²) in [5.41, 5.74) is 0.639. The van der Waals surface area contributed by atoms with Gasteiger partial charge in [0.2, 0.25) is 0 Å². The van der Waals surface area contributed by atoms with Gasteiger partial charge in [-0.15, -0.1) is 0 Å². The summed E-state index contributed by atoms with van der Waals surface area (Å²) in [4.78, 5) is 15.2. The number of carbonyl (C=O) groups excluding carboxylic acids is 1. The molecular formula is C21H34N4O. The van der Waals surface area contributed by atoms with Crippen LogP contribution < -0.4 is 5.32 Å². The van der Waals surface area contributed by atoms with Crippen LogP contribution in [0.15, 0.2) is 12.3 Å². The van der Waals surface area contributed by atoms with E-state index in [-0.39, 0.29) is 5.91 Å². The molecule has 0 bridgehead atoms. The first kappa shape index (κ1) is 18.0. The second-order valence-electron chi connectivity index (χ2n) is 8.56. The molecule has 2 aliphatic heterocycles. The molecule has 1 N–H and O–H groups in total. The van der Waals surface area contributed by atoms with Crippen LogP contribution in [-0.4, -0.2) is 46.3 Å². The normalized spacial score (nSPS) is 27.8. The van der Waals surface area contributed by atoms with Crippen LogP contribution in [0, 0.1) is 5.92 Å². The standard InChI is InChI=1S/C21H34N4O/c26-21(20-12-15-25(23-20)19-8-4-13-22-16-19)24-14-5-9-18(24)11-10-17-6-2-1-3-7-17/h12,15,17-19,22H,1-11,13-14,16H2. The summed E-state index contributed by atoms with van der Waals surface area (Å²) in [7, 11) is 0. The third-order valence-electron chi connectivity index (χ3n) is 6.74. The van der Waals surface area contributed by atoms with Gasteiger partial charge in [0.1, 0.15) is 5.69 Å². The Kier molecular flexibility index (Phi) is 5.93. The third kappa shape index (κ3) is 4.13. The molecule has 1 amide bonds. The van der Waals surface area contributed by atoms with Crippen molar-refractivity contribution >= 4 is 5.91 Å². The zero-order chi connectivity index (χ0) is 17.8. The minimum atomic E-state index is 0.152. The maximum atomic E-state index is 13.0. The quantitative estimate of drug-likeness (QED) is 0.871. The van der Waals surface area contributed by atoms with Gasteiger partial charge in [0.15, 0.2) is 0 Å². The molecule has 3 fully saturated rings. The van der Waals surface area contributed by atoms with E-state index in [4.69, 9.17) is 0 Å². The molecule has 2 atom stereocenters. The molecule has 0 radical (unpaired) electrons. The predicted octanol–water partition coefficient (Wildman–Crippen LogP) is 3.77. The number of likely N-dealkylation sites (tertiary alicyclic amines) is 1. The molecule has 4 rings (SSSR count). The van der Waals surface area contributed by atoms with Crippen molar-refractivity contribution in [2.24, 2.45) is 5.92 Å². The minimum Gasteiger partial charge on any atom is -0.334 e. The zero-order valence-electron chi connectivity index (χ0n) is 16.0. The lowest BCUT2D eigenvalue weighted by Gasteiger charge is -2.27. The van der Waals surface area contributed by atoms with Gasteiger partial charge >= 0.3 is 0 Å². The molecule has 144 valence electrons. The molecule has 3 heterocycles. The molecule has 0 aromatic carbocycles. The fraction of sp³-hybridized carbons (Fsp3) is 0.810. The van der Waals surface area contributed by atoms with E-state index < -0.39 is 0 Å². The van der Waals surface area contributed by atoms with Gasteiger partial charge in [-0.2, -0.15) is 5.10 Å². The van der Waals surface area contributed by atoms with Gasteiger partial charge in [0.05, 0.1) is 6.04 Å². The van der Waals surface area contributed by atoms with E-state index in [9.17, 15) is 4.79 Å². The molecular weight excluding hydrogens is 324 g/mol. The van der Waals surface area contributed by atoms with Crippen molar-refractivity contribution in [1.82, 2.24) is 20.0 Å². The summed E-state index contributed by atoms with van der Waals surface area (Å²) in [5, 5.41) is 8.07. The second kappa shape index (κ2) is 8.55. The van der Waals surface area contributed by atoms with Gasteiger partial charge in [-0.25, -0.2) is 0 Å². The third-order valence-corrected chi connectivity index (χ3v) is 6.74. The summed E-state index contributed by atoms with van der Waals surface area (Å²) >= 11 is 0. The Labute approximate surface area is 157 Å². The van der Waals surface area contributed by atoms with Crippen LogP contribution in [0.1, 0.15) is 87.2 Å². The van der Waals surface area contributed by atoms with Gasteiger partial charge in [-0.1, -0.05) is 32.1 Å². The summed E-state index contributed by atoms with van der Waals surface area (Å²) in [6.45, 7) is 2.97. The Hall–Kier alpha value is -1.36. The number of nitrogens with one attached hydrogen (secondary N) is 1. The van der Waals surface area contributed by atoms with E-state index in [1.165, 1.54) is 57.8 Å². The summed E-state index contributed by atoms with van der Waals surface area (Å²) in [6, 6.07) is 2.75. The van der Waals surface area contributed by atoms with Crippen LogP contribution in [0.5, 0.6) is 0 Å². The number of hydrogen-bond acceptors (Lipinski definition) is 3. The maximum absolute atomic E-state index is 13.0. The molecule has 1 aromatic heterocycles. The molecule has 5 nitrogen and oxygen atoms in total. The van der Waals surface area contributed by atoms with Gasteiger partial charge < -0.3 is 10.2 Å². The van der Waals surface area contributed by atoms with E-state index >= 15 is 0 Å². The average Bonchev–Trinajstić information content (AvgIpc) is 3.37. The highest BCUT2D eigenvalue weighted by Gasteiger charge is 2.31. The fourth-order valence-electron chi connectivity index (χ4n) is 5.17. The molecule has 2 unspecified atom stereocenters. The Morgan fingerprint density at radius 2 is 1.96 bits per heavy atom. The van der Waals surface area contributed by atoms with Crippen LogP contribution in [0.2, 0.25) is 0 Å². The Balaban J connectivity index is 1.34. The van der Waals surface area contributed by atoms with Crippen molar-refractivity contribution in [3.05, 3.63) is 18.0 Å². The molecule has 3 aliphatic rings. The van der Waals surface area contributed by atoms with E-state index in [1.54, 1.807) is 0 Å². The van der Waals surface area contributed by atoms with E-state index in [0.29, 0.717) is 17.8 Å². The average molecular weight is 359 g/mol. The van der Waals surface area contributed by atoms with Crippen LogP contribution in [0.25, 0.3) is 0 Å². The molecule has 1 aliphatic carbocycles. The first-order valence-electron chi connectivity index (χ1n) is 10.9. The molecule has 1 aromatic rings. The lowest BCUT2D eigenvalue weighted by Crippen LogP contribution is -2.36. The van der Waals surface area contributed by atoms with Crippen LogP contribution in [0.3, 0.4) is 0 Å². The first-order chi connectivity index (χ1) is 12.8. The predicted molar refractivity (Wildman–Crippen MR) is 103 cm³/mol. The summed E-state index contributed by atoms with van der Waals surface area (Å²) < 4.78 is 2.01. The van der Waals surface area contributed by atoms with Crippen molar-refractivity contribution in [1.29, 1.82) is 0 Å². The van der Waals surface area contributed by atoms with Crippen molar-refractivity contribution in [3.63, 3.8) is 0 Å². The molecule has 0 spiro atoms. The lowest BCUT2D eigenvalue weighted by molar-refractivity contribution is 0.0716. The Morgan fingerprint density at radius 1 is 1.08 bits per heavy atom.